The van der Waals surface area contributed by atoms with E-state index in [1.165, 1.54) is 12.8 Å². The number of aromatic nitrogens is 2. The maximum Gasteiger partial charge on any atom is 0.150 e. The van der Waals surface area contributed by atoms with E-state index in [2.05, 4.69) is 15.4 Å². The summed E-state index contributed by atoms with van der Waals surface area (Å²) in [6.45, 7) is 0.917. The molecule has 0 amide bonds. The van der Waals surface area contributed by atoms with Crippen molar-refractivity contribution in [3.8, 4) is 0 Å². The van der Waals surface area contributed by atoms with Gasteiger partial charge in [0.05, 0.1) is 11.9 Å². The third-order valence-electron chi connectivity index (χ3n) is 2.27. The Kier molecular flexibility index (Phi) is 2.72. The van der Waals surface area contributed by atoms with Gasteiger partial charge in [0.25, 0.3) is 0 Å². The van der Waals surface area contributed by atoms with Gasteiger partial charge in [0, 0.05) is 20.0 Å². The minimum Gasteiger partial charge on any atom is -0.340 e. The molecule has 2 heterocycles. The summed E-state index contributed by atoms with van der Waals surface area (Å²) in [7, 11) is 1.82. The zero-order valence-corrected chi connectivity index (χ0v) is 8.88. The molecule has 0 aromatic carbocycles. The van der Waals surface area contributed by atoms with Crippen LogP contribution >= 0.6 is 11.6 Å². The largest absolute Gasteiger partial charge is 0.340 e. The fourth-order valence-corrected chi connectivity index (χ4v) is 1.60. The highest BCUT2D eigenvalue weighted by Gasteiger charge is 2.09. The van der Waals surface area contributed by atoms with Gasteiger partial charge in [0.15, 0.2) is 0 Å². The molecule has 0 spiro atoms. The molecule has 0 unspecified atom stereocenters. The summed E-state index contributed by atoms with van der Waals surface area (Å²) in [5.41, 5.74) is 0.842. The highest BCUT2D eigenvalue weighted by molar-refractivity contribution is 6.32. The minimum atomic E-state index is 0.623. The highest BCUT2D eigenvalue weighted by Crippen LogP contribution is 2.20. The van der Waals surface area contributed by atoms with Crippen LogP contribution in [0.3, 0.4) is 0 Å². The minimum absolute atomic E-state index is 0.623. The Hall–Kier alpha value is -1.03. The summed E-state index contributed by atoms with van der Waals surface area (Å²) in [6, 6.07) is 0. The van der Waals surface area contributed by atoms with Gasteiger partial charge in [-0.2, -0.15) is 5.10 Å². The monoisotopic (exact) mass is 212 g/mol. The summed E-state index contributed by atoms with van der Waals surface area (Å²) in [5.74, 6) is 1.02. The number of nitrogens with one attached hydrogen (secondary N) is 1. The van der Waals surface area contributed by atoms with E-state index in [1.54, 1.807) is 10.9 Å². The number of halogens is 1. The summed E-state index contributed by atoms with van der Waals surface area (Å²) < 4.78 is 1.63. The van der Waals surface area contributed by atoms with Crippen molar-refractivity contribution in [1.82, 2.24) is 9.78 Å². The number of anilines is 1. The molecule has 0 aliphatic carbocycles. The predicted octanol–water partition coefficient (Wildman–Crippen LogP) is 2.07. The van der Waals surface area contributed by atoms with Crippen LogP contribution in [0.2, 0.25) is 5.15 Å². The molecule has 1 N–H and O–H groups in total. The molecule has 0 atom stereocenters. The number of hydrogen-bond donors (Lipinski definition) is 1. The molecule has 1 aliphatic heterocycles. The van der Waals surface area contributed by atoms with E-state index in [0.717, 1.165) is 24.5 Å². The molecule has 0 bridgehead atoms. The van der Waals surface area contributed by atoms with Gasteiger partial charge in [0.2, 0.25) is 0 Å². The summed E-state index contributed by atoms with van der Waals surface area (Å²) >= 11 is 6.01. The van der Waals surface area contributed by atoms with Crippen LogP contribution in [0.5, 0.6) is 0 Å². The number of aliphatic imine (C=N–C) groups is 1. The highest BCUT2D eigenvalue weighted by atomic mass is 35.5. The molecule has 0 saturated carbocycles. The molecule has 0 fully saturated rings. The Morgan fingerprint density at radius 3 is 2.93 bits per heavy atom. The lowest BCUT2D eigenvalue weighted by molar-refractivity contribution is 0.737. The predicted molar refractivity (Wildman–Crippen MR) is 58.0 cm³/mol. The van der Waals surface area contributed by atoms with Crippen LogP contribution in [0, 0.1) is 0 Å². The van der Waals surface area contributed by atoms with E-state index in [9.17, 15) is 0 Å². The third-order valence-corrected chi connectivity index (χ3v) is 2.72. The summed E-state index contributed by atoms with van der Waals surface area (Å²) in [5, 5.41) is 7.88. The first-order chi connectivity index (χ1) is 6.77. The molecular formula is C9H13ClN4. The smallest absolute Gasteiger partial charge is 0.150 e. The number of nitrogens with zero attached hydrogens (tertiary/aromatic N) is 3. The zero-order valence-electron chi connectivity index (χ0n) is 8.13. The van der Waals surface area contributed by atoms with Gasteiger partial charge in [-0.15, -0.1) is 0 Å². The first-order valence-corrected chi connectivity index (χ1v) is 5.13. The topological polar surface area (TPSA) is 42.2 Å². The summed E-state index contributed by atoms with van der Waals surface area (Å²) in [4.78, 5) is 4.38. The first kappa shape index (κ1) is 9.52. The van der Waals surface area contributed by atoms with Crippen molar-refractivity contribution in [3.63, 3.8) is 0 Å². The second-order valence-electron chi connectivity index (χ2n) is 3.38. The molecule has 4 nitrogen and oxygen atoms in total. The molecule has 2 rings (SSSR count). The van der Waals surface area contributed by atoms with Crippen LogP contribution in [-0.2, 0) is 7.05 Å². The standard InChI is InChI=1S/C9H13ClN4/c1-14-9(10)7(6-12-14)13-8-4-2-3-5-11-8/h6H,2-5H2,1H3,(H,11,13). The van der Waals surface area contributed by atoms with Crippen molar-refractivity contribution in [2.75, 3.05) is 11.9 Å². The Labute approximate surface area is 88.0 Å². The lowest BCUT2D eigenvalue weighted by atomic mass is 10.2. The average Bonchev–Trinajstić information content (AvgIpc) is 2.52. The zero-order chi connectivity index (χ0) is 9.97. The maximum absolute atomic E-state index is 6.01. The molecule has 5 heteroatoms. The fourth-order valence-electron chi connectivity index (χ4n) is 1.46. The summed E-state index contributed by atoms with van der Waals surface area (Å²) in [6.07, 6.45) is 5.11. The first-order valence-electron chi connectivity index (χ1n) is 4.75. The quantitative estimate of drug-likeness (QED) is 0.775. The Morgan fingerprint density at radius 1 is 1.50 bits per heavy atom. The third kappa shape index (κ3) is 1.90. The van der Waals surface area contributed by atoms with Crippen LogP contribution in [0.1, 0.15) is 19.3 Å². The second kappa shape index (κ2) is 4.00. The van der Waals surface area contributed by atoms with Gasteiger partial charge in [-0.1, -0.05) is 11.6 Å². The van der Waals surface area contributed by atoms with Gasteiger partial charge in [0.1, 0.15) is 11.0 Å². The molecule has 1 aromatic rings. The number of rotatable bonds is 1. The van der Waals surface area contributed by atoms with E-state index in [-0.39, 0.29) is 0 Å². The number of amidine groups is 1. The Bertz CT molecular complexity index is 356. The van der Waals surface area contributed by atoms with Gasteiger partial charge in [-0.3, -0.25) is 9.67 Å². The van der Waals surface area contributed by atoms with Crippen molar-refractivity contribution >= 4 is 23.1 Å². The molecule has 76 valence electrons. The molecule has 1 aliphatic rings. The van der Waals surface area contributed by atoms with Crippen molar-refractivity contribution < 1.29 is 0 Å². The van der Waals surface area contributed by atoms with Gasteiger partial charge in [-0.05, 0) is 12.8 Å². The van der Waals surface area contributed by atoms with Crippen LogP contribution in [-0.4, -0.2) is 22.2 Å². The molecule has 1 aromatic heterocycles. The van der Waals surface area contributed by atoms with Gasteiger partial charge < -0.3 is 5.32 Å². The lowest BCUT2D eigenvalue weighted by Gasteiger charge is -2.12. The number of aryl methyl sites for hydroxylation is 1. The van der Waals surface area contributed by atoms with Crippen molar-refractivity contribution in [2.24, 2.45) is 12.0 Å². The van der Waals surface area contributed by atoms with E-state index >= 15 is 0 Å². The van der Waals surface area contributed by atoms with E-state index in [4.69, 9.17) is 11.6 Å². The van der Waals surface area contributed by atoms with E-state index in [1.807, 2.05) is 7.05 Å². The second-order valence-corrected chi connectivity index (χ2v) is 3.74. The molecule has 0 radical (unpaired) electrons. The van der Waals surface area contributed by atoms with Crippen LogP contribution < -0.4 is 5.32 Å². The Balaban J connectivity index is 2.10. The Morgan fingerprint density at radius 2 is 2.36 bits per heavy atom. The van der Waals surface area contributed by atoms with Crippen molar-refractivity contribution in [1.29, 1.82) is 0 Å². The number of hydrogen-bond acceptors (Lipinski definition) is 3. The SMILES string of the molecule is Cn1ncc(NC2=NCCCC2)c1Cl. The van der Waals surface area contributed by atoms with E-state index < -0.39 is 0 Å². The maximum atomic E-state index is 6.01. The van der Waals surface area contributed by atoms with E-state index in [0.29, 0.717) is 5.15 Å². The average molecular weight is 213 g/mol. The van der Waals surface area contributed by atoms with Gasteiger partial charge in [-0.25, -0.2) is 0 Å². The molecule has 0 saturated heterocycles. The normalized spacial score (nSPS) is 16.6. The molecule has 14 heavy (non-hydrogen) atoms. The van der Waals surface area contributed by atoms with Gasteiger partial charge >= 0.3 is 0 Å². The van der Waals surface area contributed by atoms with Crippen LogP contribution in [0.25, 0.3) is 0 Å². The van der Waals surface area contributed by atoms with Crippen molar-refractivity contribution in [2.45, 2.75) is 19.3 Å². The van der Waals surface area contributed by atoms with Crippen LogP contribution in [0.4, 0.5) is 5.69 Å². The van der Waals surface area contributed by atoms with Crippen LogP contribution in [0.15, 0.2) is 11.2 Å². The molecular weight excluding hydrogens is 200 g/mol. The van der Waals surface area contributed by atoms with Crippen molar-refractivity contribution in [3.05, 3.63) is 11.3 Å². The lowest BCUT2D eigenvalue weighted by Crippen LogP contribution is -2.15. The fraction of sp³-hybridized carbons (Fsp3) is 0.556.